The molecule has 3 aromatic rings. The van der Waals surface area contributed by atoms with Crippen LogP contribution >= 0.6 is 11.6 Å². The molecule has 0 atom stereocenters. The monoisotopic (exact) mass is 369 g/mol. The van der Waals surface area contributed by atoms with Crippen LogP contribution in [0.4, 0.5) is 23.1 Å². The molecule has 0 aliphatic carbocycles. The number of nitrogens with one attached hydrogen (secondary N) is 2. The summed E-state index contributed by atoms with van der Waals surface area (Å²) in [7, 11) is 1.56. The number of anilines is 4. The van der Waals surface area contributed by atoms with Crippen molar-refractivity contribution < 1.29 is 9.53 Å². The van der Waals surface area contributed by atoms with Crippen LogP contribution in [0.1, 0.15) is 17.3 Å². The number of carbonyl (C=O) groups is 1. The molecule has 0 saturated carbocycles. The lowest BCUT2D eigenvalue weighted by Gasteiger charge is -2.09. The molecule has 132 valence electrons. The average Bonchev–Trinajstić information content (AvgIpc) is 2.63. The first-order valence-electron chi connectivity index (χ1n) is 7.73. The van der Waals surface area contributed by atoms with E-state index in [1.54, 1.807) is 43.5 Å². The molecule has 7 nitrogen and oxygen atoms in total. The van der Waals surface area contributed by atoms with Gasteiger partial charge in [-0.05, 0) is 49.4 Å². The second kappa shape index (κ2) is 7.79. The van der Waals surface area contributed by atoms with E-state index in [1.165, 1.54) is 13.1 Å². The molecule has 0 aliphatic rings. The molecule has 0 radical (unpaired) electrons. The van der Waals surface area contributed by atoms with Crippen LogP contribution in [0.25, 0.3) is 0 Å². The van der Waals surface area contributed by atoms with E-state index in [-0.39, 0.29) is 5.78 Å². The molecule has 3 rings (SSSR count). The van der Waals surface area contributed by atoms with Gasteiger partial charge < -0.3 is 15.4 Å². The van der Waals surface area contributed by atoms with Crippen LogP contribution in [0.3, 0.4) is 0 Å². The van der Waals surface area contributed by atoms with E-state index in [9.17, 15) is 4.79 Å². The smallest absolute Gasteiger partial charge is 0.249 e. The Labute approximate surface area is 155 Å². The lowest BCUT2D eigenvalue weighted by Crippen LogP contribution is -2.02. The zero-order valence-corrected chi connectivity index (χ0v) is 14.9. The Kier molecular flexibility index (Phi) is 5.28. The molecule has 1 heterocycles. The van der Waals surface area contributed by atoms with Crippen molar-refractivity contribution in [2.75, 3.05) is 17.7 Å². The summed E-state index contributed by atoms with van der Waals surface area (Å²) in [5, 5.41) is 14.5. The van der Waals surface area contributed by atoms with Crippen molar-refractivity contribution >= 4 is 40.5 Å². The predicted molar refractivity (Wildman–Crippen MR) is 101 cm³/mol. The first-order chi connectivity index (χ1) is 12.5. The molecule has 0 spiro atoms. The maximum absolute atomic E-state index is 11.3. The second-order valence-electron chi connectivity index (χ2n) is 5.40. The second-order valence-corrected chi connectivity index (χ2v) is 5.81. The number of ether oxygens (including phenoxy) is 1. The van der Waals surface area contributed by atoms with E-state index in [2.05, 4.69) is 25.8 Å². The highest BCUT2D eigenvalue weighted by Gasteiger charge is 2.06. The number of rotatable bonds is 6. The minimum Gasteiger partial charge on any atom is -0.495 e. The van der Waals surface area contributed by atoms with E-state index < -0.39 is 0 Å². The molecule has 0 aliphatic heterocycles. The Morgan fingerprint density at radius 1 is 1.08 bits per heavy atom. The molecular formula is C18H16ClN5O2. The number of halogens is 1. The van der Waals surface area contributed by atoms with Gasteiger partial charge in [-0.25, -0.2) is 0 Å². The molecule has 0 amide bonds. The third kappa shape index (κ3) is 4.25. The highest BCUT2D eigenvalue weighted by atomic mass is 35.5. The molecule has 0 fully saturated rings. The zero-order chi connectivity index (χ0) is 18.5. The van der Waals surface area contributed by atoms with Gasteiger partial charge in [-0.2, -0.15) is 10.1 Å². The molecule has 8 heteroatoms. The SMILES string of the molecule is COc1ccc(Nc2cnnc(Nc3ccc(C(C)=O)cc3)n2)cc1Cl. The summed E-state index contributed by atoms with van der Waals surface area (Å²) in [4.78, 5) is 15.7. The number of benzene rings is 2. The number of aromatic nitrogens is 3. The Bertz CT molecular complexity index is 931. The normalized spacial score (nSPS) is 10.3. The summed E-state index contributed by atoms with van der Waals surface area (Å²) < 4.78 is 5.13. The fourth-order valence-electron chi connectivity index (χ4n) is 2.23. The fourth-order valence-corrected chi connectivity index (χ4v) is 2.48. The van der Waals surface area contributed by atoms with Gasteiger partial charge in [-0.3, -0.25) is 4.79 Å². The van der Waals surface area contributed by atoms with E-state index >= 15 is 0 Å². The van der Waals surface area contributed by atoms with Gasteiger partial charge in [0, 0.05) is 16.9 Å². The van der Waals surface area contributed by atoms with Gasteiger partial charge >= 0.3 is 0 Å². The number of methoxy groups -OCH3 is 1. The van der Waals surface area contributed by atoms with Crippen LogP contribution in [0.5, 0.6) is 5.75 Å². The van der Waals surface area contributed by atoms with Crippen LogP contribution in [-0.4, -0.2) is 28.1 Å². The zero-order valence-electron chi connectivity index (χ0n) is 14.2. The van der Waals surface area contributed by atoms with Crippen molar-refractivity contribution in [3.63, 3.8) is 0 Å². The highest BCUT2D eigenvalue weighted by molar-refractivity contribution is 6.32. The van der Waals surface area contributed by atoms with Gasteiger partial charge in [-0.1, -0.05) is 11.6 Å². The predicted octanol–water partition coefficient (Wildman–Crippen LogP) is 4.22. The minimum atomic E-state index is 0.0128. The Morgan fingerprint density at radius 2 is 1.81 bits per heavy atom. The van der Waals surface area contributed by atoms with E-state index in [1.807, 2.05) is 6.07 Å². The molecule has 2 aromatic carbocycles. The quantitative estimate of drug-likeness (QED) is 0.628. The van der Waals surface area contributed by atoms with Gasteiger partial charge in [0.2, 0.25) is 5.95 Å². The van der Waals surface area contributed by atoms with Crippen LogP contribution in [0.2, 0.25) is 5.02 Å². The van der Waals surface area contributed by atoms with Crippen molar-refractivity contribution in [2.45, 2.75) is 6.92 Å². The molecule has 0 unspecified atom stereocenters. The Balaban J connectivity index is 1.73. The standard InChI is InChI=1S/C18H16ClN5O2/c1-11(25)12-3-5-13(6-4-12)22-18-23-17(10-20-24-18)21-14-7-8-16(26-2)15(19)9-14/h3-10H,1-2H3,(H2,21,22,23,24). The summed E-state index contributed by atoms with van der Waals surface area (Å²) in [5.41, 5.74) is 2.14. The number of ketones is 1. The molecule has 0 bridgehead atoms. The van der Waals surface area contributed by atoms with E-state index in [0.29, 0.717) is 28.1 Å². The number of nitrogens with zero attached hydrogens (tertiary/aromatic N) is 3. The third-order valence-corrected chi connectivity index (χ3v) is 3.83. The number of carbonyl (C=O) groups excluding carboxylic acids is 1. The van der Waals surface area contributed by atoms with Gasteiger partial charge in [0.15, 0.2) is 11.6 Å². The fraction of sp³-hybridized carbons (Fsp3) is 0.111. The summed E-state index contributed by atoms with van der Waals surface area (Å²) in [6.07, 6.45) is 1.50. The number of hydrogen-bond donors (Lipinski definition) is 2. The van der Waals surface area contributed by atoms with Crippen LogP contribution in [0.15, 0.2) is 48.7 Å². The Hall–Kier alpha value is -3.19. The average molecular weight is 370 g/mol. The summed E-state index contributed by atoms with van der Waals surface area (Å²) in [6, 6.07) is 12.3. The van der Waals surface area contributed by atoms with E-state index in [0.717, 1.165) is 11.4 Å². The maximum atomic E-state index is 11.3. The van der Waals surface area contributed by atoms with Gasteiger partial charge in [0.1, 0.15) is 5.75 Å². The number of hydrogen-bond acceptors (Lipinski definition) is 7. The molecule has 0 saturated heterocycles. The van der Waals surface area contributed by atoms with Crippen LogP contribution in [-0.2, 0) is 0 Å². The first-order valence-corrected chi connectivity index (χ1v) is 8.11. The summed E-state index contributed by atoms with van der Waals surface area (Å²) >= 11 is 6.12. The van der Waals surface area contributed by atoms with Crippen molar-refractivity contribution in [1.82, 2.24) is 15.2 Å². The molecular weight excluding hydrogens is 354 g/mol. The van der Waals surface area contributed by atoms with Crippen molar-refractivity contribution in [3.8, 4) is 5.75 Å². The Morgan fingerprint density at radius 3 is 2.46 bits per heavy atom. The maximum Gasteiger partial charge on any atom is 0.249 e. The third-order valence-electron chi connectivity index (χ3n) is 3.53. The highest BCUT2D eigenvalue weighted by Crippen LogP contribution is 2.28. The van der Waals surface area contributed by atoms with Gasteiger partial charge in [-0.15, -0.1) is 5.10 Å². The molecule has 26 heavy (non-hydrogen) atoms. The number of Topliss-reactive ketones (excluding diaryl/α,β-unsaturated/α-hetero) is 1. The molecule has 2 N–H and O–H groups in total. The first kappa shape index (κ1) is 17.6. The lowest BCUT2D eigenvalue weighted by atomic mass is 10.1. The van der Waals surface area contributed by atoms with Crippen LogP contribution < -0.4 is 15.4 Å². The molecule has 1 aromatic heterocycles. The summed E-state index contributed by atoms with van der Waals surface area (Å²) in [6.45, 7) is 1.52. The van der Waals surface area contributed by atoms with Crippen molar-refractivity contribution in [3.05, 3.63) is 59.2 Å². The van der Waals surface area contributed by atoms with Gasteiger partial charge in [0.05, 0.1) is 18.3 Å². The minimum absolute atomic E-state index is 0.0128. The van der Waals surface area contributed by atoms with Crippen molar-refractivity contribution in [2.24, 2.45) is 0 Å². The van der Waals surface area contributed by atoms with Crippen molar-refractivity contribution in [1.29, 1.82) is 0 Å². The topological polar surface area (TPSA) is 89.0 Å². The van der Waals surface area contributed by atoms with E-state index in [4.69, 9.17) is 16.3 Å². The summed E-state index contributed by atoms with van der Waals surface area (Å²) in [5.74, 6) is 1.43. The largest absolute Gasteiger partial charge is 0.495 e. The van der Waals surface area contributed by atoms with Gasteiger partial charge in [0.25, 0.3) is 0 Å². The van der Waals surface area contributed by atoms with Crippen LogP contribution in [0, 0.1) is 0 Å². The lowest BCUT2D eigenvalue weighted by molar-refractivity contribution is 0.101.